The number of fused-ring (bicyclic) bond motifs is 1. The Hall–Kier alpha value is -3.77. The molecular weight excluding hydrogens is 657 g/mol. The van der Waals surface area contributed by atoms with Crippen LogP contribution in [0.1, 0.15) is 43.7 Å². The molecule has 2 N–H and O–H groups in total. The summed E-state index contributed by atoms with van der Waals surface area (Å²) in [5.41, 5.74) is 1.88. The summed E-state index contributed by atoms with van der Waals surface area (Å²) in [6, 6.07) is 15.7. The first-order chi connectivity index (χ1) is 23.9. The minimum absolute atomic E-state index is 0.0105. The van der Waals surface area contributed by atoms with E-state index in [4.69, 9.17) is 4.74 Å². The van der Waals surface area contributed by atoms with E-state index in [1.165, 1.54) is 4.90 Å². The van der Waals surface area contributed by atoms with E-state index < -0.39 is 54.8 Å². The average molecular weight is 704 g/mol. The summed E-state index contributed by atoms with van der Waals surface area (Å²) < 4.78 is 74.7. The first-order valence-corrected chi connectivity index (χ1v) is 17.2. The zero-order chi connectivity index (χ0) is 36.1. The van der Waals surface area contributed by atoms with Gasteiger partial charge in [0.15, 0.2) is 0 Å². The third kappa shape index (κ3) is 8.39. The van der Waals surface area contributed by atoms with Crippen LogP contribution in [-0.4, -0.2) is 98.2 Å². The summed E-state index contributed by atoms with van der Waals surface area (Å²) in [4.78, 5) is 29.4. The number of benzene rings is 3. The van der Waals surface area contributed by atoms with Crippen LogP contribution in [0.3, 0.4) is 0 Å². The highest BCUT2D eigenvalue weighted by Crippen LogP contribution is 2.40. The smallest absolute Gasteiger partial charge is 0.326 e. The summed E-state index contributed by atoms with van der Waals surface area (Å²) in [7, 11) is 1.59. The molecule has 0 aliphatic carbocycles. The van der Waals surface area contributed by atoms with Gasteiger partial charge in [0.1, 0.15) is 18.5 Å². The largest absolute Gasteiger partial charge is 0.496 e. The molecule has 12 heteroatoms. The fourth-order valence-corrected chi connectivity index (χ4v) is 7.30. The quantitative estimate of drug-likeness (QED) is 0.190. The maximum Gasteiger partial charge on any atom is 0.326 e. The molecular formula is C38H46F5N3O4. The van der Waals surface area contributed by atoms with Crippen molar-refractivity contribution < 1.29 is 41.4 Å². The van der Waals surface area contributed by atoms with E-state index in [2.05, 4.69) is 10.2 Å². The molecule has 2 aliphatic rings. The van der Waals surface area contributed by atoms with Crippen molar-refractivity contribution >= 4 is 22.6 Å². The predicted octanol–water partition coefficient (Wildman–Crippen LogP) is 6.85. The van der Waals surface area contributed by atoms with Crippen molar-refractivity contribution in [2.75, 3.05) is 53.1 Å². The molecule has 0 saturated carbocycles. The molecule has 7 nitrogen and oxygen atoms in total. The lowest BCUT2D eigenvalue weighted by atomic mass is 9.78. The molecule has 0 spiro atoms. The lowest BCUT2D eigenvalue weighted by molar-refractivity contribution is -0.145. The molecule has 272 valence electrons. The number of hydrogen-bond donors (Lipinski definition) is 2. The first kappa shape index (κ1) is 37.5. The number of carbonyl (C=O) groups excluding carboxylic acids is 1. The van der Waals surface area contributed by atoms with Crippen molar-refractivity contribution in [1.82, 2.24) is 15.1 Å². The Bertz CT molecular complexity index is 1650. The number of methoxy groups -OCH3 is 1. The van der Waals surface area contributed by atoms with Gasteiger partial charge in [-0.15, -0.1) is 0 Å². The summed E-state index contributed by atoms with van der Waals surface area (Å²) in [5.74, 6) is -4.70. The summed E-state index contributed by atoms with van der Waals surface area (Å²) in [6.07, 6.45) is -1.73. The molecule has 2 saturated heterocycles. The fraction of sp³-hybridized carbons (Fsp3) is 0.526. The molecule has 2 fully saturated rings. The standard InChI is InChI=1S/C38H46F5N3O4/c1-25-12-17-45(21-16-38(25,42)43)18-13-26-6-4-11-32(50-2)34(26)30-10-5-8-28-27(7-3-9-29(28)30)22-31(35(47)48)44-36(49)37(24-39)14-19-46(20-15-37)23-33(40)41/h3-11,25,31,33H,12-24H2,1-2H3,(H,44,49)(H,47,48)/t25?,31-/m0/s1. The number of nitrogens with one attached hydrogen (secondary N) is 1. The van der Waals surface area contributed by atoms with Gasteiger partial charge < -0.3 is 20.1 Å². The number of piperidine rings is 1. The molecule has 3 aromatic rings. The van der Waals surface area contributed by atoms with Crippen molar-refractivity contribution in [1.29, 1.82) is 0 Å². The van der Waals surface area contributed by atoms with Crippen molar-refractivity contribution in [2.24, 2.45) is 11.3 Å². The molecule has 0 aromatic heterocycles. The van der Waals surface area contributed by atoms with Crippen molar-refractivity contribution in [3.8, 4) is 16.9 Å². The third-order valence-corrected chi connectivity index (χ3v) is 10.6. The van der Waals surface area contributed by atoms with E-state index in [-0.39, 0.29) is 38.8 Å². The Balaban J connectivity index is 1.39. The first-order valence-electron chi connectivity index (χ1n) is 17.2. The van der Waals surface area contributed by atoms with Crippen LogP contribution < -0.4 is 10.1 Å². The second kappa shape index (κ2) is 16.1. The lowest BCUT2D eigenvalue weighted by Crippen LogP contribution is -2.54. The van der Waals surface area contributed by atoms with Crippen molar-refractivity contribution in [3.63, 3.8) is 0 Å². The Morgan fingerprint density at radius 2 is 1.60 bits per heavy atom. The molecule has 5 rings (SSSR count). The van der Waals surface area contributed by atoms with Gasteiger partial charge in [-0.3, -0.25) is 9.69 Å². The minimum Gasteiger partial charge on any atom is -0.496 e. The number of amides is 1. The summed E-state index contributed by atoms with van der Waals surface area (Å²) >= 11 is 0. The zero-order valence-corrected chi connectivity index (χ0v) is 28.6. The molecule has 0 bridgehead atoms. The number of ether oxygens (including phenoxy) is 1. The van der Waals surface area contributed by atoms with Crippen LogP contribution >= 0.6 is 0 Å². The fourth-order valence-electron chi connectivity index (χ4n) is 7.30. The summed E-state index contributed by atoms with van der Waals surface area (Å²) in [5, 5.41) is 14.3. The average Bonchev–Trinajstić information content (AvgIpc) is 3.23. The van der Waals surface area contributed by atoms with Gasteiger partial charge in [-0.1, -0.05) is 55.5 Å². The molecule has 1 unspecified atom stereocenters. The molecule has 2 heterocycles. The highest BCUT2D eigenvalue weighted by Gasteiger charge is 2.43. The Kier molecular flexibility index (Phi) is 12.0. The number of likely N-dealkylation sites (tertiary alicyclic amines) is 2. The number of carboxylic acids is 1. The van der Waals surface area contributed by atoms with Crippen LogP contribution in [0.5, 0.6) is 5.75 Å². The lowest BCUT2D eigenvalue weighted by Gasteiger charge is -2.39. The second-order valence-electron chi connectivity index (χ2n) is 13.8. The monoisotopic (exact) mass is 703 g/mol. The van der Waals surface area contributed by atoms with Gasteiger partial charge in [-0.2, -0.15) is 0 Å². The highest BCUT2D eigenvalue weighted by atomic mass is 19.3. The number of alkyl halides is 5. The zero-order valence-electron chi connectivity index (χ0n) is 28.6. The van der Waals surface area contributed by atoms with E-state index >= 15 is 0 Å². The van der Waals surface area contributed by atoms with E-state index in [1.807, 2.05) is 48.5 Å². The maximum atomic E-state index is 14.4. The van der Waals surface area contributed by atoms with Gasteiger partial charge in [0.05, 0.1) is 19.1 Å². The molecule has 2 atom stereocenters. The van der Waals surface area contributed by atoms with E-state index in [0.29, 0.717) is 43.8 Å². The number of halogens is 5. The number of aliphatic carboxylic acids is 1. The van der Waals surface area contributed by atoms with Gasteiger partial charge >= 0.3 is 5.97 Å². The predicted molar refractivity (Wildman–Crippen MR) is 183 cm³/mol. The van der Waals surface area contributed by atoms with Gasteiger partial charge in [-0.25, -0.2) is 26.7 Å². The number of carboxylic acid groups (broad SMARTS) is 1. The Morgan fingerprint density at radius 1 is 0.940 bits per heavy atom. The van der Waals surface area contributed by atoms with Crippen molar-refractivity contribution in [2.45, 2.75) is 63.8 Å². The van der Waals surface area contributed by atoms with Crippen LogP contribution in [0.4, 0.5) is 22.0 Å². The Morgan fingerprint density at radius 3 is 2.28 bits per heavy atom. The van der Waals surface area contributed by atoms with Crippen LogP contribution in [-0.2, 0) is 22.4 Å². The second-order valence-corrected chi connectivity index (χ2v) is 13.8. The normalized spacial score (nSPS) is 20.4. The SMILES string of the molecule is COc1cccc(CCN2CCC(C)C(F)(F)CC2)c1-c1cccc2c(C[C@H](NC(=O)C3(CF)CCN(CC(F)F)CC3)C(=O)O)cccc12. The molecule has 50 heavy (non-hydrogen) atoms. The Labute approximate surface area is 289 Å². The number of nitrogens with zero attached hydrogens (tertiary/aromatic N) is 2. The third-order valence-electron chi connectivity index (χ3n) is 10.6. The van der Waals surface area contributed by atoms with E-state index in [9.17, 15) is 36.6 Å². The van der Waals surface area contributed by atoms with Crippen LogP contribution in [0.25, 0.3) is 21.9 Å². The van der Waals surface area contributed by atoms with Crippen LogP contribution in [0.2, 0.25) is 0 Å². The molecule has 0 radical (unpaired) electrons. The molecule has 1 amide bonds. The van der Waals surface area contributed by atoms with Crippen LogP contribution in [0.15, 0.2) is 54.6 Å². The van der Waals surface area contributed by atoms with Gasteiger partial charge in [0.2, 0.25) is 5.91 Å². The maximum absolute atomic E-state index is 14.4. The van der Waals surface area contributed by atoms with Gasteiger partial charge in [0.25, 0.3) is 12.3 Å². The van der Waals surface area contributed by atoms with Gasteiger partial charge in [-0.05, 0) is 78.8 Å². The number of hydrogen-bond acceptors (Lipinski definition) is 5. The van der Waals surface area contributed by atoms with E-state index in [1.54, 1.807) is 20.1 Å². The van der Waals surface area contributed by atoms with Crippen LogP contribution in [0, 0.1) is 11.3 Å². The van der Waals surface area contributed by atoms with Gasteiger partial charge in [0, 0.05) is 37.4 Å². The highest BCUT2D eigenvalue weighted by molar-refractivity contribution is 6.00. The molecule has 3 aromatic carbocycles. The van der Waals surface area contributed by atoms with Crippen molar-refractivity contribution in [3.05, 3.63) is 65.7 Å². The number of rotatable bonds is 13. The molecule has 2 aliphatic heterocycles. The summed E-state index contributed by atoms with van der Waals surface area (Å²) in [6.45, 7) is 1.88. The van der Waals surface area contributed by atoms with E-state index in [0.717, 1.165) is 27.5 Å². The minimum atomic E-state index is -2.68. The number of carbonyl (C=O) groups is 2. The topological polar surface area (TPSA) is 82.1 Å².